The zero-order valence-electron chi connectivity index (χ0n) is 9.77. The van der Waals surface area contributed by atoms with Crippen molar-refractivity contribution in [3.63, 3.8) is 0 Å². The van der Waals surface area contributed by atoms with E-state index >= 15 is 0 Å². The zero-order valence-corrected chi connectivity index (χ0v) is 9.77. The Morgan fingerprint density at radius 1 is 1.47 bits per heavy atom. The summed E-state index contributed by atoms with van der Waals surface area (Å²) in [4.78, 5) is 15.8. The molecular formula is C12H14N4O. The summed E-state index contributed by atoms with van der Waals surface area (Å²) in [6.45, 7) is 1.90. The minimum absolute atomic E-state index is 0.186. The molecule has 0 aliphatic rings. The first-order chi connectivity index (χ1) is 8.08. The molecule has 2 aromatic rings. The Morgan fingerprint density at radius 2 is 2.24 bits per heavy atom. The highest BCUT2D eigenvalue weighted by Crippen LogP contribution is 2.17. The molecule has 0 atom stereocenters. The van der Waals surface area contributed by atoms with E-state index in [9.17, 15) is 4.79 Å². The molecule has 0 fully saturated rings. The molecule has 0 saturated carbocycles. The largest absolute Gasteiger partial charge is 0.399 e. The summed E-state index contributed by atoms with van der Waals surface area (Å²) in [5, 5.41) is 2.80. The van der Waals surface area contributed by atoms with Crippen molar-refractivity contribution in [1.82, 2.24) is 9.55 Å². The predicted molar refractivity (Wildman–Crippen MR) is 66.8 cm³/mol. The Labute approximate surface area is 99.3 Å². The van der Waals surface area contributed by atoms with Gasteiger partial charge in [0.1, 0.15) is 5.69 Å². The number of benzene rings is 1. The summed E-state index contributed by atoms with van der Waals surface area (Å²) in [5.74, 6) is -0.186. The van der Waals surface area contributed by atoms with Crippen molar-refractivity contribution >= 4 is 17.3 Å². The number of carbonyl (C=O) groups excluding carboxylic acids is 1. The molecule has 0 radical (unpaired) electrons. The fourth-order valence-corrected chi connectivity index (χ4v) is 1.52. The van der Waals surface area contributed by atoms with Crippen LogP contribution in [-0.2, 0) is 7.05 Å². The van der Waals surface area contributed by atoms with Crippen LogP contribution < -0.4 is 11.1 Å². The van der Waals surface area contributed by atoms with Gasteiger partial charge in [0.15, 0.2) is 0 Å². The highest BCUT2D eigenvalue weighted by Gasteiger charge is 2.09. The van der Waals surface area contributed by atoms with Crippen LogP contribution in [0.25, 0.3) is 0 Å². The second-order valence-corrected chi connectivity index (χ2v) is 3.92. The summed E-state index contributed by atoms with van der Waals surface area (Å²) in [6, 6.07) is 5.38. The number of hydrogen-bond acceptors (Lipinski definition) is 3. The Balaban J connectivity index is 2.19. The number of nitrogens with two attached hydrogens (primary N) is 1. The molecule has 1 amide bonds. The monoisotopic (exact) mass is 230 g/mol. The molecule has 2 rings (SSSR count). The maximum Gasteiger partial charge on any atom is 0.273 e. The van der Waals surface area contributed by atoms with E-state index in [1.54, 1.807) is 30.1 Å². The summed E-state index contributed by atoms with van der Waals surface area (Å²) in [7, 11) is 1.77. The number of amides is 1. The van der Waals surface area contributed by atoms with Crippen molar-refractivity contribution < 1.29 is 4.79 Å². The van der Waals surface area contributed by atoms with E-state index in [4.69, 9.17) is 5.73 Å². The first-order valence-corrected chi connectivity index (χ1v) is 5.21. The number of nitrogen functional groups attached to an aromatic ring is 1. The third-order valence-corrected chi connectivity index (χ3v) is 2.58. The van der Waals surface area contributed by atoms with Gasteiger partial charge < -0.3 is 15.6 Å². The van der Waals surface area contributed by atoms with Crippen molar-refractivity contribution in [3.05, 3.63) is 42.0 Å². The van der Waals surface area contributed by atoms with Crippen LogP contribution in [0.15, 0.2) is 30.7 Å². The maximum absolute atomic E-state index is 11.9. The van der Waals surface area contributed by atoms with Crippen LogP contribution >= 0.6 is 0 Å². The van der Waals surface area contributed by atoms with Gasteiger partial charge in [-0.05, 0) is 30.7 Å². The number of imidazole rings is 1. The van der Waals surface area contributed by atoms with E-state index in [1.807, 2.05) is 13.0 Å². The van der Waals surface area contributed by atoms with Crippen LogP contribution in [0.2, 0.25) is 0 Å². The molecule has 0 aliphatic carbocycles. The molecule has 0 unspecified atom stereocenters. The second-order valence-electron chi connectivity index (χ2n) is 3.92. The summed E-state index contributed by atoms with van der Waals surface area (Å²) < 4.78 is 1.67. The van der Waals surface area contributed by atoms with E-state index in [0.717, 1.165) is 11.3 Å². The Kier molecular flexibility index (Phi) is 2.82. The number of aromatic nitrogens is 2. The first kappa shape index (κ1) is 11.2. The topological polar surface area (TPSA) is 72.9 Å². The van der Waals surface area contributed by atoms with Crippen LogP contribution in [0.1, 0.15) is 16.1 Å². The third kappa shape index (κ3) is 2.28. The lowest BCUT2D eigenvalue weighted by Crippen LogP contribution is -2.15. The lowest BCUT2D eigenvalue weighted by molar-refractivity contribution is 0.101. The predicted octanol–water partition coefficient (Wildman–Crippen LogP) is 1.56. The number of hydrogen-bond donors (Lipinski definition) is 2. The van der Waals surface area contributed by atoms with E-state index in [0.29, 0.717) is 11.4 Å². The van der Waals surface area contributed by atoms with Gasteiger partial charge in [-0.2, -0.15) is 0 Å². The van der Waals surface area contributed by atoms with Crippen LogP contribution in [0.3, 0.4) is 0 Å². The molecule has 88 valence electrons. The van der Waals surface area contributed by atoms with Crippen molar-refractivity contribution in [2.24, 2.45) is 7.05 Å². The van der Waals surface area contributed by atoms with Gasteiger partial charge in [0.2, 0.25) is 0 Å². The van der Waals surface area contributed by atoms with Gasteiger partial charge in [-0.25, -0.2) is 4.98 Å². The normalized spacial score (nSPS) is 10.2. The van der Waals surface area contributed by atoms with Crippen LogP contribution in [-0.4, -0.2) is 15.5 Å². The molecule has 0 bridgehead atoms. The number of rotatable bonds is 2. The van der Waals surface area contributed by atoms with E-state index < -0.39 is 0 Å². The third-order valence-electron chi connectivity index (χ3n) is 2.58. The van der Waals surface area contributed by atoms with Gasteiger partial charge in [0, 0.05) is 18.4 Å². The average molecular weight is 230 g/mol. The zero-order chi connectivity index (χ0) is 12.4. The number of anilines is 2. The van der Waals surface area contributed by atoms with Crippen LogP contribution in [0.5, 0.6) is 0 Å². The Bertz CT molecular complexity index is 559. The van der Waals surface area contributed by atoms with E-state index in [-0.39, 0.29) is 5.91 Å². The summed E-state index contributed by atoms with van der Waals surface area (Å²) in [6.07, 6.45) is 3.11. The molecule has 1 aromatic heterocycles. The lowest BCUT2D eigenvalue weighted by atomic mass is 10.2. The minimum atomic E-state index is -0.186. The highest BCUT2D eigenvalue weighted by atomic mass is 16.1. The minimum Gasteiger partial charge on any atom is -0.399 e. The fourth-order valence-electron chi connectivity index (χ4n) is 1.52. The van der Waals surface area contributed by atoms with Crippen LogP contribution in [0, 0.1) is 6.92 Å². The first-order valence-electron chi connectivity index (χ1n) is 5.21. The van der Waals surface area contributed by atoms with Gasteiger partial charge in [-0.3, -0.25) is 4.79 Å². The molecule has 0 aliphatic heterocycles. The summed E-state index contributed by atoms with van der Waals surface area (Å²) >= 11 is 0. The molecule has 5 heteroatoms. The molecule has 5 nitrogen and oxygen atoms in total. The Morgan fingerprint density at radius 3 is 2.82 bits per heavy atom. The molecule has 17 heavy (non-hydrogen) atoms. The van der Waals surface area contributed by atoms with Crippen molar-refractivity contribution in [1.29, 1.82) is 0 Å². The molecule has 3 N–H and O–H groups in total. The SMILES string of the molecule is Cc1cc(NC(=O)c2cncn2C)ccc1N. The van der Waals surface area contributed by atoms with Gasteiger partial charge in [0.05, 0.1) is 12.5 Å². The molecule has 1 heterocycles. The van der Waals surface area contributed by atoms with Crippen molar-refractivity contribution in [2.45, 2.75) is 6.92 Å². The molecule has 1 aromatic carbocycles. The summed E-state index contributed by atoms with van der Waals surface area (Å²) in [5.41, 5.74) is 8.60. The van der Waals surface area contributed by atoms with E-state index in [1.165, 1.54) is 6.20 Å². The quantitative estimate of drug-likeness (QED) is 0.769. The number of aryl methyl sites for hydroxylation is 2. The molecule has 0 saturated heterocycles. The Hall–Kier alpha value is -2.30. The number of nitrogens with zero attached hydrogens (tertiary/aromatic N) is 2. The standard InChI is InChI=1S/C12H14N4O/c1-8-5-9(3-4-10(8)13)15-12(17)11-6-14-7-16(11)2/h3-7H,13H2,1-2H3,(H,15,17). The maximum atomic E-state index is 11.9. The smallest absolute Gasteiger partial charge is 0.273 e. The van der Waals surface area contributed by atoms with Gasteiger partial charge >= 0.3 is 0 Å². The van der Waals surface area contributed by atoms with Crippen LogP contribution in [0.4, 0.5) is 11.4 Å². The highest BCUT2D eigenvalue weighted by molar-refractivity contribution is 6.03. The fraction of sp³-hybridized carbons (Fsp3) is 0.167. The van der Waals surface area contributed by atoms with Crippen molar-refractivity contribution in [2.75, 3.05) is 11.1 Å². The van der Waals surface area contributed by atoms with Gasteiger partial charge in [0.25, 0.3) is 5.91 Å². The molecule has 0 spiro atoms. The number of carbonyl (C=O) groups is 1. The van der Waals surface area contributed by atoms with Gasteiger partial charge in [-0.1, -0.05) is 0 Å². The number of nitrogens with one attached hydrogen (secondary N) is 1. The molecular weight excluding hydrogens is 216 g/mol. The average Bonchev–Trinajstić information content (AvgIpc) is 2.70. The van der Waals surface area contributed by atoms with E-state index in [2.05, 4.69) is 10.3 Å². The van der Waals surface area contributed by atoms with Crippen molar-refractivity contribution in [3.8, 4) is 0 Å². The van der Waals surface area contributed by atoms with Gasteiger partial charge in [-0.15, -0.1) is 0 Å². The lowest BCUT2D eigenvalue weighted by Gasteiger charge is -2.07. The second kappa shape index (κ2) is 4.29.